The topological polar surface area (TPSA) is 34.9 Å². The zero-order valence-electron chi connectivity index (χ0n) is 16.4. The first-order chi connectivity index (χ1) is 12.2. The van der Waals surface area contributed by atoms with Crippen molar-refractivity contribution in [1.29, 1.82) is 0 Å². The normalized spacial score (nSPS) is 11.9. The fourth-order valence-electron chi connectivity index (χ4n) is 3.12. The third kappa shape index (κ3) is 3.56. The van der Waals surface area contributed by atoms with Crippen LogP contribution in [0.3, 0.4) is 0 Å². The number of nitrogens with zero attached hydrogens (tertiary/aromatic N) is 2. The van der Waals surface area contributed by atoms with Gasteiger partial charge in [-0.05, 0) is 53.6 Å². The molecule has 0 unspecified atom stereocenters. The first-order valence-corrected chi connectivity index (χ1v) is 9.86. The van der Waals surface area contributed by atoms with Crippen LogP contribution in [0.2, 0.25) is 0 Å². The summed E-state index contributed by atoms with van der Waals surface area (Å²) in [4.78, 5) is 17.3. The minimum Gasteiger partial charge on any atom is -0.290 e. The van der Waals surface area contributed by atoms with Gasteiger partial charge in [0.2, 0.25) is 0 Å². The Hall–Kier alpha value is -2.07. The molecule has 4 heteroatoms. The van der Waals surface area contributed by atoms with Crippen LogP contribution < -0.4 is 5.56 Å². The van der Waals surface area contributed by atoms with Crippen LogP contribution in [0.5, 0.6) is 0 Å². The first kappa shape index (κ1) is 18.7. The number of para-hydroxylation sites is 1. The van der Waals surface area contributed by atoms with Crippen molar-refractivity contribution in [3.8, 4) is 0 Å². The Balaban J connectivity index is 1.94. The van der Waals surface area contributed by atoms with Gasteiger partial charge in [0.05, 0.1) is 10.9 Å². The summed E-state index contributed by atoms with van der Waals surface area (Å²) in [7, 11) is 1.80. The standard InChI is InChI=1S/C22H26N2OS/c1-14-11-16(22(3,4)5)12-15(2)18(14)13-26-21-23-19-10-8-7-9-17(19)20(25)24(21)6/h7-12H,13H2,1-6H3. The van der Waals surface area contributed by atoms with E-state index in [0.29, 0.717) is 5.39 Å². The predicted octanol–water partition coefficient (Wildman–Crippen LogP) is 5.14. The molecule has 0 atom stereocenters. The maximum absolute atomic E-state index is 12.6. The smallest absolute Gasteiger partial charge is 0.261 e. The summed E-state index contributed by atoms with van der Waals surface area (Å²) >= 11 is 1.62. The molecular formula is C22H26N2OS. The highest BCUT2D eigenvalue weighted by Gasteiger charge is 2.17. The first-order valence-electron chi connectivity index (χ1n) is 8.87. The van der Waals surface area contributed by atoms with Crippen LogP contribution in [0.25, 0.3) is 10.9 Å². The van der Waals surface area contributed by atoms with Crippen LogP contribution in [0, 0.1) is 13.8 Å². The number of hydrogen-bond donors (Lipinski definition) is 0. The molecule has 0 aliphatic heterocycles. The Labute approximate surface area is 159 Å². The summed E-state index contributed by atoms with van der Waals surface area (Å²) in [6.45, 7) is 11.1. The van der Waals surface area contributed by atoms with Gasteiger partial charge in [0, 0.05) is 12.8 Å². The minimum atomic E-state index is 0.00891. The molecule has 3 rings (SSSR count). The molecule has 1 heterocycles. The quantitative estimate of drug-likeness (QED) is 0.475. The maximum atomic E-state index is 12.6. The highest BCUT2D eigenvalue weighted by molar-refractivity contribution is 7.98. The number of aromatic nitrogens is 2. The van der Waals surface area contributed by atoms with Crippen LogP contribution in [0.4, 0.5) is 0 Å². The number of thioether (sulfide) groups is 1. The van der Waals surface area contributed by atoms with E-state index in [1.165, 1.54) is 22.3 Å². The van der Waals surface area contributed by atoms with Crippen molar-refractivity contribution >= 4 is 22.7 Å². The van der Waals surface area contributed by atoms with Gasteiger partial charge in [-0.3, -0.25) is 9.36 Å². The Bertz CT molecular complexity index is 1010. The molecule has 3 aromatic rings. The molecule has 1 aromatic heterocycles. The van der Waals surface area contributed by atoms with Crippen LogP contribution in [0.1, 0.15) is 43.0 Å². The summed E-state index contributed by atoms with van der Waals surface area (Å²) in [5.74, 6) is 0.806. The van der Waals surface area contributed by atoms with Crippen molar-refractivity contribution in [2.45, 2.75) is 50.9 Å². The van der Waals surface area contributed by atoms with Crippen molar-refractivity contribution in [2.75, 3.05) is 0 Å². The second kappa shape index (κ2) is 6.92. The molecule has 0 aliphatic rings. The second-order valence-electron chi connectivity index (χ2n) is 7.90. The van der Waals surface area contributed by atoms with Gasteiger partial charge in [-0.15, -0.1) is 0 Å². The molecule has 0 spiro atoms. The maximum Gasteiger partial charge on any atom is 0.261 e. The van der Waals surface area contributed by atoms with E-state index in [1.54, 1.807) is 23.4 Å². The van der Waals surface area contributed by atoms with Gasteiger partial charge >= 0.3 is 0 Å². The van der Waals surface area contributed by atoms with Crippen molar-refractivity contribution in [3.05, 3.63) is 69.0 Å². The van der Waals surface area contributed by atoms with Gasteiger partial charge in [-0.2, -0.15) is 0 Å². The van der Waals surface area contributed by atoms with Gasteiger partial charge in [0.1, 0.15) is 0 Å². The summed E-state index contributed by atoms with van der Waals surface area (Å²) < 4.78 is 1.65. The van der Waals surface area contributed by atoms with Gasteiger partial charge in [-0.25, -0.2) is 4.98 Å². The molecule has 0 aliphatic carbocycles. The van der Waals surface area contributed by atoms with Crippen LogP contribution >= 0.6 is 11.8 Å². The predicted molar refractivity (Wildman–Crippen MR) is 111 cm³/mol. The fraction of sp³-hybridized carbons (Fsp3) is 0.364. The van der Waals surface area contributed by atoms with E-state index in [9.17, 15) is 4.79 Å². The zero-order chi connectivity index (χ0) is 19.1. The number of aryl methyl sites for hydroxylation is 2. The van der Waals surface area contributed by atoms with Gasteiger partial charge in [0.15, 0.2) is 5.16 Å². The monoisotopic (exact) mass is 366 g/mol. The van der Waals surface area contributed by atoms with Gasteiger partial charge < -0.3 is 0 Å². The van der Waals surface area contributed by atoms with Crippen molar-refractivity contribution in [2.24, 2.45) is 7.05 Å². The Morgan fingerprint density at radius 1 is 1.08 bits per heavy atom. The summed E-state index contributed by atoms with van der Waals surface area (Å²) in [5.41, 5.74) is 6.19. The molecule has 0 fully saturated rings. The van der Waals surface area contributed by atoms with Crippen LogP contribution in [-0.4, -0.2) is 9.55 Å². The van der Waals surface area contributed by atoms with E-state index in [0.717, 1.165) is 16.4 Å². The molecule has 0 bridgehead atoms. The highest BCUT2D eigenvalue weighted by atomic mass is 32.2. The lowest BCUT2D eigenvalue weighted by Gasteiger charge is -2.22. The SMILES string of the molecule is Cc1cc(C(C)(C)C)cc(C)c1CSc1nc2ccccc2c(=O)n1C. The lowest BCUT2D eigenvalue weighted by molar-refractivity contribution is 0.589. The van der Waals surface area contributed by atoms with Gasteiger partial charge in [0.25, 0.3) is 5.56 Å². The van der Waals surface area contributed by atoms with E-state index in [-0.39, 0.29) is 11.0 Å². The summed E-state index contributed by atoms with van der Waals surface area (Å²) in [5, 5.41) is 1.42. The lowest BCUT2D eigenvalue weighted by atomic mass is 9.84. The fourth-order valence-corrected chi connectivity index (χ4v) is 4.29. The Kier molecular flexibility index (Phi) is 4.98. The number of benzene rings is 2. The van der Waals surface area contributed by atoms with E-state index in [1.807, 2.05) is 24.3 Å². The number of hydrogen-bond acceptors (Lipinski definition) is 3. The number of fused-ring (bicyclic) bond motifs is 1. The highest BCUT2D eigenvalue weighted by Crippen LogP contribution is 2.30. The van der Waals surface area contributed by atoms with Crippen molar-refractivity contribution in [1.82, 2.24) is 9.55 Å². The zero-order valence-corrected chi connectivity index (χ0v) is 17.2. The van der Waals surface area contributed by atoms with Gasteiger partial charge in [-0.1, -0.05) is 56.8 Å². The molecule has 136 valence electrons. The largest absolute Gasteiger partial charge is 0.290 e. The summed E-state index contributed by atoms with van der Waals surface area (Å²) in [6, 6.07) is 12.1. The molecule has 0 saturated heterocycles. The molecule has 0 saturated carbocycles. The van der Waals surface area contributed by atoms with E-state index >= 15 is 0 Å². The Morgan fingerprint density at radius 3 is 2.31 bits per heavy atom. The molecule has 0 radical (unpaired) electrons. The lowest BCUT2D eigenvalue weighted by Crippen LogP contribution is -2.20. The van der Waals surface area contributed by atoms with E-state index in [2.05, 4.69) is 46.8 Å². The van der Waals surface area contributed by atoms with Crippen LogP contribution in [-0.2, 0) is 18.2 Å². The molecule has 0 N–H and O–H groups in total. The minimum absolute atomic E-state index is 0.00891. The molecule has 26 heavy (non-hydrogen) atoms. The average Bonchev–Trinajstić information content (AvgIpc) is 2.57. The second-order valence-corrected chi connectivity index (χ2v) is 8.85. The summed E-state index contributed by atoms with van der Waals surface area (Å²) in [6.07, 6.45) is 0. The molecular weight excluding hydrogens is 340 g/mol. The molecule has 2 aromatic carbocycles. The molecule has 0 amide bonds. The average molecular weight is 367 g/mol. The molecule has 3 nitrogen and oxygen atoms in total. The third-order valence-electron chi connectivity index (χ3n) is 4.85. The Morgan fingerprint density at radius 2 is 1.69 bits per heavy atom. The third-order valence-corrected chi connectivity index (χ3v) is 5.91. The van der Waals surface area contributed by atoms with E-state index in [4.69, 9.17) is 4.98 Å². The van der Waals surface area contributed by atoms with E-state index < -0.39 is 0 Å². The van der Waals surface area contributed by atoms with Crippen LogP contribution in [0.15, 0.2) is 46.3 Å². The van der Waals surface area contributed by atoms with Crippen molar-refractivity contribution < 1.29 is 0 Å². The number of rotatable bonds is 3. The van der Waals surface area contributed by atoms with Crippen molar-refractivity contribution in [3.63, 3.8) is 0 Å².